The SMILES string of the molecule is CC1CCCN(Cc2csc(NC(=O)CNC(=O)c3ccccc3)n2)C1. The largest absolute Gasteiger partial charge is 0.343 e. The van der Waals surface area contributed by atoms with Crippen molar-refractivity contribution in [2.24, 2.45) is 5.92 Å². The molecule has 7 heteroatoms. The number of anilines is 1. The first-order chi connectivity index (χ1) is 12.6. The maximum Gasteiger partial charge on any atom is 0.251 e. The molecule has 3 rings (SSSR count). The van der Waals surface area contributed by atoms with Crippen molar-refractivity contribution < 1.29 is 9.59 Å². The Labute approximate surface area is 157 Å². The Morgan fingerprint density at radius 2 is 2.12 bits per heavy atom. The van der Waals surface area contributed by atoms with Crippen molar-refractivity contribution in [2.45, 2.75) is 26.3 Å². The van der Waals surface area contributed by atoms with Gasteiger partial charge in [0.1, 0.15) is 0 Å². The summed E-state index contributed by atoms with van der Waals surface area (Å²) in [5, 5.41) is 7.92. The van der Waals surface area contributed by atoms with Gasteiger partial charge >= 0.3 is 0 Å². The number of nitrogens with one attached hydrogen (secondary N) is 2. The van der Waals surface area contributed by atoms with E-state index in [1.165, 1.54) is 24.2 Å². The Morgan fingerprint density at radius 1 is 1.31 bits per heavy atom. The molecule has 1 saturated heterocycles. The summed E-state index contributed by atoms with van der Waals surface area (Å²) >= 11 is 1.42. The summed E-state index contributed by atoms with van der Waals surface area (Å²) in [6, 6.07) is 8.84. The number of benzene rings is 1. The maximum atomic E-state index is 12.0. The quantitative estimate of drug-likeness (QED) is 0.818. The molecule has 1 aromatic heterocycles. The average molecular weight is 372 g/mol. The number of rotatable bonds is 6. The molecule has 0 radical (unpaired) electrons. The molecule has 1 fully saturated rings. The number of aromatic nitrogens is 1. The fraction of sp³-hybridized carbons (Fsp3) is 0.421. The third-order valence-corrected chi connectivity index (χ3v) is 5.18. The highest BCUT2D eigenvalue weighted by atomic mass is 32.1. The number of piperidine rings is 1. The molecular weight excluding hydrogens is 348 g/mol. The van der Waals surface area contributed by atoms with Crippen LogP contribution in [0.4, 0.5) is 5.13 Å². The molecule has 2 heterocycles. The fourth-order valence-corrected chi connectivity index (χ4v) is 3.83. The maximum absolute atomic E-state index is 12.0. The van der Waals surface area contributed by atoms with E-state index in [1.807, 2.05) is 11.4 Å². The minimum Gasteiger partial charge on any atom is -0.343 e. The number of likely N-dealkylation sites (tertiary alicyclic amines) is 1. The van der Waals surface area contributed by atoms with Crippen LogP contribution in [0.3, 0.4) is 0 Å². The van der Waals surface area contributed by atoms with Gasteiger partial charge < -0.3 is 10.6 Å². The molecule has 1 unspecified atom stereocenters. The monoisotopic (exact) mass is 372 g/mol. The number of nitrogens with zero attached hydrogens (tertiary/aromatic N) is 2. The van der Waals surface area contributed by atoms with Crippen LogP contribution in [-0.2, 0) is 11.3 Å². The fourth-order valence-electron chi connectivity index (χ4n) is 3.11. The second-order valence-corrected chi connectivity index (χ2v) is 7.58. The van der Waals surface area contributed by atoms with E-state index in [0.29, 0.717) is 10.7 Å². The molecule has 1 atom stereocenters. The van der Waals surface area contributed by atoms with Crippen LogP contribution >= 0.6 is 11.3 Å². The van der Waals surface area contributed by atoms with Gasteiger partial charge in [-0.15, -0.1) is 11.3 Å². The molecule has 6 nitrogen and oxygen atoms in total. The van der Waals surface area contributed by atoms with E-state index in [1.54, 1.807) is 24.3 Å². The molecule has 2 N–H and O–H groups in total. The van der Waals surface area contributed by atoms with Crippen LogP contribution < -0.4 is 10.6 Å². The van der Waals surface area contributed by atoms with Crippen molar-refractivity contribution >= 4 is 28.3 Å². The minimum atomic E-state index is -0.276. The third-order valence-electron chi connectivity index (χ3n) is 4.37. The predicted octanol–water partition coefficient (Wildman–Crippen LogP) is 2.74. The van der Waals surface area contributed by atoms with Gasteiger partial charge in [-0.3, -0.25) is 14.5 Å². The summed E-state index contributed by atoms with van der Waals surface area (Å²) in [7, 11) is 0. The first kappa shape index (κ1) is 18.5. The third kappa shape index (κ3) is 5.37. The summed E-state index contributed by atoms with van der Waals surface area (Å²) in [4.78, 5) is 30.9. The number of hydrogen-bond acceptors (Lipinski definition) is 5. The van der Waals surface area contributed by atoms with Gasteiger partial charge in [0.15, 0.2) is 5.13 Å². The van der Waals surface area contributed by atoms with Gasteiger partial charge in [0, 0.05) is 24.0 Å². The minimum absolute atomic E-state index is 0.0771. The summed E-state index contributed by atoms with van der Waals surface area (Å²) in [5.74, 6) is 0.191. The van der Waals surface area contributed by atoms with Gasteiger partial charge in [0.25, 0.3) is 5.91 Å². The lowest BCUT2D eigenvalue weighted by Gasteiger charge is -2.30. The van der Waals surface area contributed by atoms with E-state index in [4.69, 9.17) is 0 Å². The average Bonchev–Trinajstić information content (AvgIpc) is 3.07. The van der Waals surface area contributed by atoms with Crippen molar-refractivity contribution in [1.82, 2.24) is 15.2 Å². The molecule has 2 amide bonds. The van der Waals surface area contributed by atoms with E-state index in [2.05, 4.69) is 27.4 Å². The lowest BCUT2D eigenvalue weighted by molar-refractivity contribution is -0.115. The van der Waals surface area contributed by atoms with E-state index in [-0.39, 0.29) is 18.4 Å². The molecule has 2 aromatic rings. The molecule has 1 aliphatic rings. The van der Waals surface area contributed by atoms with Crippen molar-refractivity contribution in [1.29, 1.82) is 0 Å². The number of hydrogen-bond donors (Lipinski definition) is 2. The van der Waals surface area contributed by atoms with Gasteiger partial charge in [-0.25, -0.2) is 4.98 Å². The summed E-state index contributed by atoms with van der Waals surface area (Å²) in [5.41, 5.74) is 1.51. The zero-order valence-corrected chi connectivity index (χ0v) is 15.7. The van der Waals surface area contributed by atoms with Crippen LogP contribution in [0.5, 0.6) is 0 Å². The molecule has 1 aliphatic heterocycles. The number of carbonyl (C=O) groups is 2. The number of amides is 2. The Morgan fingerprint density at radius 3 is 2.88 bits per heavy atom. The van der Waals surface area contributed by atoms with Crippen molar-refractivity contribution in [3.05, 3.63) is 47.0 Å². The van der Waals surface area contributed by atoms with Gasteiger partial charge in [0.05, 0.1) is 12.2 Å². The van der Waals surface area contributed by atoms with Crippen LogP contribution in [0.25, 0.3) is 0 Å². The van der Waals surface area contributed by atoms with E-state index in [9.17, 15) is 9.59 Å². The molecule has 26 heavy (non-hydrogen) atoms. The van der Waals surface area contributed by atoms with Crippen LogP contribution in [0.1, 0.15) is 35.8 Å². The number of carbonyl (C=O) groups excluding carboxylic acids is 2. The normalized spacial score (nSPS) is 17.7. The molecule has 0 aliphatic carbocycles. The smallest absolute Gasteiger partial charge is 0.251 e. The predicted molar refractivity (Wildman–Crippen MR) is 103 cm³/mol. The van der Waals surface area contributed by atoms with Crippen molar-refractivity contribution in [3.8, 4) is 0 Å². The zero-order chi connectivity index (χ0) is 18.4. The standard InChI is InChI=1S/C19H24N4O2S/c1-14-6-5-9-23(11-14)12-16-13-26-19(21-16)22-17(24)10-20-18(25)15-7-3-2-4-8-15/h2-4,7-8,13-14H,5-6,9-12H2,1H3,(H,20,25)(H,21,22,24). The van der Waals surface area contributed by atoms with Crippen LogP contribution in [0.2, 0.25) is 0 Å². The van der Waals surface area contributed by atoms with Crippen LogP contribution in [0.15, 0.2) is 35.7 Å². The Kier molecular flexibility index (Phi) is 6.35. The summed E-state index contributed by atoms with van der Waals surface area (Å²) in [6.07, 6.45) is 2.53. The van der Waals surface area contributed by atoms with Crippen LogP contribution in [0, 0.1) is 5.92 Å². The first-order valence-electron chi connectivity index (χ1n) is 8.90. The van der Waals surface area contributed by atoms with Gasteiger partial charge in [-0.2, -0.15) is 0 Å². The lowest BCUT2D eigenvalue weighted by atomic mass is 10.0. The van der Waals surface area contributed by atoms with Crippen molar-refractivity contribution in [3.63, 3.8) is 0 Å². The number of thiazole rings is 1. The first-order valence-corrected chi connectivity index (χ1v) is 9.78. The highest BCUT2D eigenvalue weighted by Crippen LogP contribution is 2.20. The second kappa shape index (κ2) is 8.91. The van der Waals surface area contributed by atoms with Gasteiger partial charge in [0.2, 0.25) is 5.91 Å². The molecular formula is C19H24N4O2S. The summed E-state index contributed by atoms with van der Waals surface area (Å²) < 4.78 is 0. The molecule has 138 valence electrons. The zero-order valence-electron chi connectivity index (χ0n) is 14.9. The topological polar surface area (TPSA) is 74.3 Å². The van der Waals surface area contributed by atoms with Gasteiger partial charge in [-0.05, 0) is 37.4 Å². The Bertz CT molecular complexity index is 747. The summed E-state index contributed by atoms with van der Waals surface area (Å²) in [6.45, 7) is 5.23. The lowest BCUT2D eigenvalue weighted by Crippen LogP contribution is -2.34. The molecule has 1 aromatic carbocycles. The highest BCUT2D eigenvalue weighted by Gasteiger charge is 2.17. The highest BCUT2D eigenvalue weighted by molar-refractivity contribution is 7.13. The molecule has 0 bridgehead atoms. The molecule has 0 saturated carbocycles. The second-order valence-electron chi connectivity index (χ2n) is 6.72. The van der Waals surface area contributed by atoms with E-state index < -0.39 is 0 Å². The Balaban J connectivity index is 1.44. The van der Waals surface area contributed by atoms with E-state index >= 15 is 0 Å². The van der Waals surface area contributed by atoms with Crippen LogP contribution in [-0.4, -0.2) is 41.3 Å². The molecule has 0 spiro atoms. The van der Waals surface area contributed by atoms with Crippen molar-refractivity contribution in [2.75, 3.05) is 25.0 Å². The Hall–Kier alpha value is -2.25. The van der Waals surface area contributed by atoms with Gasteiger partial charge in [-0.1, -0.05) is 25.1 Å². The van der Waals surface area contributed by atoms with E-state index in [0.717, 1.165) is 31.2 Å².